The Labute approximate surface area is 159 Å². The van der Waals surface area contributed by atoms with E-state index in [2.05, 4.69) is 0 Å². The second-order valence-corrected chi connectivity index (χ2v) is 6.19. The number of hydrogen-bond donors (Lipinski definition) is 0. The Balaban J connectivity index is 1.74. The fourth-order valence-electron chi connectivity index (χ4n) is 2.14. The number of para-hydroxylation sites is 1. The van der Waals surface area contributed by atoms with E-state index in [-0.39, 0.29) is 26.1 Å². The van der Waals surface area contributed by atoms with Crippen LogP contribution in [0.2, 0.25) is 0 Å². The van der Waals surface area contributed by atoms with Gasteiger partial charge in [-0.25, -0.2) is 0 Å². The van der Waals surface area contributed by atoms with Gasteiger partial charge in [-0.3, -0.25) is 9.59 Å². The number of allylic oxidation sites excluding steroid dienone is 1. The number of hydrogen-bond acceptors (Lipinski definition) is 5. The summed E-state index contributed by atoms with van der Waals surface area (Å²) in [5.74, 6) is 0.544. The summed E-state index contributed by atoms with van der Waals surface area (Å²) in [4.78, 5) is 23.4. The molecule has 0 heterocycles. The first-order valence-electron chi connectivity index (χ1n) is 8.79. The molecule has 27 heavy (non-hydrogen) atoms. The van der Waals surface area contributed by atoms with Crippen LogP contribution in [0.15, 0.2) is 66.2 Å². The van der Waals surface area contributed by atoms with E-state index in [1.54, 1.807) is 6.08 Å². The van der Waals surface area contributed by atoms with Crippen molar-refractivity contribution in [3.63, 3.8) is 0 Å². The molecule has 0 aromatic heterocycles. The normalized spacial score (nSPS) is 10.0. The third kappa shape index (κ3) is 8.23. The molecule has 142 valence electrons. The fourth-order valence-corrected chi connectivity index (χ4v) is 2.14. The van der Waals surface area contributed by atoms with Gasteiger partial charge in [-0.2, -0.15) is 0 Å². The molecule has 2 rings (SSSR count). The van der Waals surface area contributed by atoms with Gasteiger partial charge in [-0.05, 0) is 49.8 Å². The molecule has 5 nitrogen and oxygen atoms in total. The molecule has 0 aliphatic rings. The molecule has 5 heteroatoms. The maximum absolute atomic E-state index is 11.8. The van der Waals surface area contributed by atoms with E-state index in [9.17, 15) is 9.59 Å². The van der Waals surface area contributed by atoms with E-state index >= 15 is 0 Å². The van der Waals surface area contributed by atoms with E-state index in [4.69, 9.17) is 14.2 Å². The molecule has 0 bridgehead atoms. The lowest BCUT2D eigenvalue weighted by atomic mass is 10.2. The zero-order chi connectivity index (χ0) is 19.5. The molecule has 0 amide bonds. The van der Waals surface area contributed by atoms with Crippen LogP contribution >= 0.6 is 0 Å². The Bertz CT molecular complexity index is 776. The highest BCUT2D eigenvalue weighted by molar-refractivity contribution is 5.77. The second-order valence-electron chi connectivity index (χ2n) is 6.19. The topological polar surface area (TPSA) is 61.8 Å². The van der Waals surface area contributed by atoms with Crippen molar-refractivity contribution in [3.8, 4) is 11.5 Å². The van der Waals surface area contributed by atoms with Crippen LogP contribution < -0.4 is 4.74 Å². The van der Waals surface area contributed by atoms with Gasteiger partial charge in [-0.1, -0.05) is 35.9 Å². The highest BCUT2D eigenvalue weighted by atomic mass is 16.5. The van der Waals surface area contributed by atoms with Gasteiger partial charge in [0, 0.05) is 0 Å². The molecule has 0 atom stereocenters. The monoisotopic (exact) mass is 368 g/mol. The van der Waals surface area contributed by atoms with Crippen molar-refractivity contribution in [2.24, 2.45) is 0 Å². The Kier molecular flexibility index (Phi) is 8.10. The summed E-state index contributed by atoms with van der Waals surface area (Å²) in [5, 5.41) is 0. The fraction of sp³-hybridized carbons (Fsp3) is 0.273. The van der Waals surface area contributed by atoms with Crippen molar-refractivity contribution in [1.82, 2.24) is 0 Å². The van der Waals surface area contributed by atoms with Crippen molar-refractivity contribution in [2.75, 3.05) is 6.61 Å². The lowest BCUT2D eigenvalue weighted by Gasteiger charge is -2.08. The molecular weight excluding hydrogens is 344 g/mol. The van der Waals surface area contributed by atoms with Crippen LogP contribution in [0.3, 0.4) is 0 Å². The van der Waals surface area contributed by atoms with Gasteiger partial charge in [0.2, 0.25) is 0 Å². The first kappa shape index (κ1) is 20.2. The van der Waals surface area contributed by atoms with Gasteiger partial charge in [-0.15, -0.1) is 0 Å². The summed E-state index contributed by atoms with van der Waals surface area (Å²) in [7, 11) is 0. The zero-order valence-corrected chi connectivity index (χ0v) is 15.6. The van der Waals surface area contributed by atoms with Gasteiger partial charge < -0.3 is 14.2 Å². The molecule has 0 N–H and O–H groups in total. The average molecular weight is 368 g/mol. The van der Waals surface area contributed by atoms with Crippen molar-refractivity contribution >= 4 is 11.9 Å². The minimum atomic E-state index is -0.441. The van der Waals surface area contributed by atoms with Gasteiger partial charge in [0.25, 0.3) is 0 Å². The van der Waals surface area contributed by atoms with Gasteiger partial charge in [0.1, 0.15) is 24.7 Å². The maximum atomic E-state index is 11.8. The van der Waals surface area contributed by atoms with Crippen molar-refractivity contribution in [2.45, 2.75) is 33.3 Å². The summed E-state index contributed by atoms with van der Waals surface area (Å²) in [6, 6.07) is 16.8. The molecule has 0 unspecified atom stereocenters. The van der Waals surface area contributed by atoms with Gasteiger partial charge in [0.15, 0.2) is 0 Å². The van der Waals surface area contributed by atoms with Crippen LogP contribution in [-0.2, 0) is 25.7 Å². The summed E-state index contributed by atoms with van der Waals surface area (Å²) in [6.45, 7) is 4.19. The number of carbonyl (C=O) groups excluding carboxylic acids is 2. The minimum absolute atomic E-state index is 0.00609. The molecule has 0 radical (unpaired) electrons. The minimum Gasteiger partial charge on any atom is -0.461 e. The Hall–Kier alpha value is -3.08. The molecule has 0 saturated heterocycles. The molecule has 0 saturated carbocycles. The largest absolute Gasteiger partial charge is 0.461 e. The number of ether oxygens (including phenoxy) is 3. The van der Waals surface area contributed by atoms with Crippen LogP contribution in [0.5, 0.6) is 11.5 Å². The standard InChI is InChI=1S/C22H24O5/c1-17(2)13-14-25-21(23)11-12-22(24)26-16-18-7-6-10-20(15-18)27-19-8-4-3-5-9-19/h3-10,13,15H,11-12,14,16H2,1-2H3. The van der Waals surface area contributed by atoms with Crippen LogP contribution in [-0.4, -0.2) is 18.5 Å². The third-order valence-electron chi connectivity index (χ3n) is 3.55. The third-order valence-corrected chi connectivity index (χ3v) is 3.55. The second kappa shape index (κ2) is 10.8. The van der Waals surface area contributed by atoms with E-state index in [1.807, 2.05) is 68.4 Å². The molecule has 2 aromatic carbocycles. The van der Waals surface area contributed by atoms with E-state index in [0.717, 1.165) is 16.9 Å². The number of benzene rings is 2. The number of esters is 2. The summed E-state index contributed by atoms with van der Waals surface area (Å²) in [6.07, 6.45) is 1.81. The molecule has 0 spiro atoms. The Morgan fingerprint density at radius 2 is 1.52 bits per heavy atom. The zero-order valence-electron chi connectivity index (χ0n) is 15.6. The van der Waals surface area contributed by atoms with Crippen LogP contribution in [0.1, 0.15) is 32.3 Å². The van der Waals surface area contributed by atoms with Crippen LogP contribution in [0.4, 0.5) is 0 Å². The smallest absolute Gasteiger partial charge is 0.306 e. The van der Waals surface area contributed by atoms with Crippen molar-refractivity contribution in [3.05, 3.63) is 71.8 Å². The van der Waals surface area contributed by atoms with E-state index in [1.165, 1.54) is 0 Å². The molecule has 0 fully saturated rings. The summed E-state index contributed by atoms with van der Waals surface area (Å²) < 4.78 is 16.0. The van der Waals surface area contributed by atoms with Gasteiger partial charge >= 0.3 is 11.9 Å². The first-order chi connectivity index (χ1) is 13.0. The summed E-state index contributed by atoms with van der Waals surface area (Å²) >= 11 is 0. The predicted octanol–water partition coefficient (Wildman–Crippen LogP) is 4.81. The molecule has 0 aliphatic carbocycles. The molecular formula is C22H24O5. The maximum Gasteiger partial charge on any atom is 0.306 e. The van der Waals surface area contributed by atoms with Crippen molar-refractivity contribution in [1.29, 1.82) is 0 Å². The Morgan fingerprint density at radius 3 is 2.22 bits per heavy atom. The van der Waals surface area contributed by atoms with Crippen LogP contribution in [0.25, 0.3) is 0 Å². The predicted molar refractivity (Wildman–Crippen MR) is 102 cm³/mol. The average Bonchev–Trinajstić information content (AvgIpc) is 2.65. The molecule has 0 aliphatic heterocycles. The lowest BCUT2D eigenvalue weighted by molar-refractivity contribution is -0.150. The first-order valence-corrected chi connectivity index (χ1v) is 8.79. The SMILES string of the molecule is CC(C)=CCOC(=O)CCC(=O)OCc1cccc(Oc2ccccc2)c1. The van der Waals surface area contributed by atoms with Crippen LogP contribution in [0, 0.1) is 0 Å². The molecule has 2 aromatic rings. The summed E-state index contributed by atoms with van der Waals surface area (Å²) in [5.41, 5.74) is 1.88. The number of carbonyl (C=O) groups is 2. The van der Waals surface area contributed by atoms with Gasteiger partial charge in [0.05, 0.1) is 12.8 Å². The highest BCUT2D eigenvalue weighted by Crippen LogP contribution is 2.22. The van der Waals surface area contributed by atoms with E-state index in [0.29, 0.717) is 5.75 Å². The quantitative estimate of drug-likeness (QED) is 0.469. The lowest BCUT2D eigenvalue weighted by Crippen LogP contribution is -2.10. The van der Waals surface area contributed by atoms with Crippen molar-refractivity contribution < 1.29 is 23.8 Å². The highest BCUT2D eigenvalue weighted by Gasteiger charge is 2.09. The Morgan fingerprint density at radius 1 is 0.852 bits per heavy atom. The van der Waals surface area contributed by atoms with E-state index < -0.39 is 11.9 Å². The number of rotatable bonds is 9.